The molecular formula is C39H40F2N6O5S. The number of halogens is 2. The first kappa shape index (κ1) is 36.0. The van der Waals surface area contributed by atoms with Gasteiger partial charge in [0.1, 0.15) is 11.6 Å². The molecule has 0 amide bonds. The molecule has 0 saturated heterocycles. The van der Waals surface area contributed by atoms with Gasteiger partial charge in [0.05, 0.1) is 40.6 Å². The van der Waals surface area contributed by atoms with Crippen LogP contribution in [-0.2, 0) is 44.5 Å². The summed E-state index contributed by atoms with van der Waals surface area (Å²) in [5.74, 6) is -2.33. The van der Waals surface area contributed by atoms with Gasteiger partial charge in [-0.05, 0) is 68.1 Å². The van der Waals surface area contributed by atoms with Crippen LogP contribution in [0.1, 0.15) is 69.1 Å². The maximum atomic E-state index is 15.9. The van der Waals surface area contributed by atoms with Crippen molar-refractivity contribution in [3.63, 3.8) is 0 Å². The Balaban J connectivity index is 1.43. The first-order valence-electron chi connectivity index (χ1n) is 17.1. The van der Waals surface area contributed by atoms with Gasteiger partial charge in [0.25, 0.3) is 0 Å². The maximum absolute atomic E-state index is 15.9. The van der Waals surface area contributed by atoms with Gasteiger partial charge < -0.3 is 14.8 Å². The van der Waals surface area contributed by atoms with Crippen molar-refractivity contribution < 1.29 is 31.8 Å². The second kappa shape index (κ2) is 12.6. The number of carboxylic acid groups (broad SMARTS) is 1. The Morgan fingerprint density at radius 3 is 2.57 bits per heavy atom. The highest BCUT2D eigenvalue weighted by Crippen LogP contribution is 2.40. The van der Waals surface area contributed by atoms with Crippen molar-refractivity contribution in [2.75, 3.05) is 11.5 Å². The van der Waals surface area contributed by atoms with Crippen LogP contribution in [0.5, 0.6) is 11.5 Å². The summed E-state index contributed by atoms with van der Waals surface area (Å²) in [7, 11) is -2.15. The van der Waals surface area contributed by atoms with Crippen molar-refractivity contribution in [1.29, 1.82) is 0 Å². The minimum absolute atomic E-state index is 0.0283. The molecule has 7 rings (SSSR count). The lowest BCUT2D eigenvalue weighted by Gasteiger charge is -2.30. The third-order valence-corrected chi connectivity index (χ3v) is 12.5. The Hall–Kier alpha value is -5.37. The van der Waals surface area contributed by atoms with Crippen molar-refractivity contribution in [1.82, 2.24) is 29.5 Å². The van der Waals surface area contributed by atoms with Gasteiger partial charge >= 0.3 is 5.97 Å². The van der Waals surface area contributed by atoms with E-state index in [1.165, 1.54) is 28.9 Å². The number of aryl methyl sites for hydroxylation is 1. The molecule has 3 aromatic carbocycles. The molecular weight excluding hydrogens is 703 g/mol. The average Bonchev–Trinajstić information content (AvgIpc) is 3.86. The summed E-state index contributed by atoms with van der Waals surface area (Å²) in [6, 6.07) is 14.2. The average molecular weight is 743 g/mol. The summed E-state index contributed by atoms with van der Waals surface area (Å²) in [5.41, 5.74) is -0.434. The molecule has 0 radical (unpaired) electrons. The number of carboxylic acids is 1. The third kappa shape index (κ3) is 6.49. The Kier molecular flexibility index (Phi) is 8.59. The summed E-state index contributed by atoms with van der Waals surface area (Å²) >= 11 is 0. The lowest BCUT2D eigenvalue weighted by molar-refractivity contribution is -0.142. The number of hydrogen-bond donors (Lipinski definition) is 2. The lowest BCUT2D eigenvalue weighted by Crippen LogP contribution is -2.34. The quantitative estimate of drug-likeness (QED) is 0.197. The van der Waals surface area contributed by atoms with E-state index in [9.17, 15) is 18.3 Å². The number of rotatable bonds is 3. The smallest absolute Gasteiger partial charge is 0.313 e. The predicted octanol–water partition coefficient (Wildman–Crippen LogP) is 7.04. The van der Waals surface area contributed by atoms with Gasteiger partial charge in [-0.15, -0.1) is 0 Å². The molecule has 276 valence electrons. The van der Waals surface area contributed by atoms with Crippen LogP contribution in [-0.4, -0.2) is 60.5 Å². The zero-order chi connectivity index (χ0) is 38.1. The number of benzene rings is 3. The molecule has 1 atom stereocenters. The van der Waals surface area contributed by atoms with E-state index in [4.69, 9.17) is 14.8 Å². The van der Waals surface area contributed by atoms with Gasteiger partial charge in [-0.2, -0.15) is 10.2 Å². The normalized spacial score (nSPS) is 18.7. The Bertz CT molecular complexity index is 2520. The topological polar surface area (TPSA) is 145 Å². The van der Waals surface area contributed by atoms with Crippen molar-refractivity contribution >= 4 is 26.7 Å². The van der Waals surface area contributed by atoms with Crippen molar-refractivity contribution in [2.45, 2.75) is 63.8 Å². The first-order chi connectivity index (χ1) is 24.9. The molecule has 6 bridgehead atoms. The molecule has 1 aliphatic heterocycles. The summed E-state index contributed by atoms with van der Waals surface area (Å²) in [6.07, 6.45) is 5.11. The molecule has 4 heterocycles. The molecule has 0 spiro atoms. The number of nitrogens with one attached hydrogen (secondary N) is 1. The van der Waals surface area contributed by atoms with E-state index in [2.05, 4.69) is 10.1 Å². The van der Waals surface area contributed by atoms with Gasteiger partial charge in [0.15, 0.2) is 33.1 Å². The fourth-order valence-corrected chi connectivity index (χ4v) is 9.12. The molecule has 0 saturated carbocycles. The molecule has 6 aromatic rings. The van der Waals surface area contributed by atoms with Crippen LogP contribution in [0.4, 0.5) is 8.78 Å². The number of sulfone groups is 1. The fourth-order valence-electron chi connectivity index (χ4n) is 6.99. The minimum Gasteiger partial charge on any atom is -0.481 e. The van der Waals surface area contributed by atoms with Crippen LogP contribution in [0.15, 0.2) is 73.2 Å². The first-order valence-corrected chi connectivity index (χ1v) is 19.0. The van der Waals surface area contributed by atoms with E-state index in [-0.39, 0.29) is 53.2 Å². The van der Waals surface area contributed by atoms with Gasteiger partial charge in [0.2, 0.25) is 0 Å². The monoisotopic (exact) mass is 742 g/mol. The SMILES string of the molecule is Cn1nc2nc1-c1cc(ccc1F)Oc1c(F)cc3[nH]ccc3c1Cn1cc(cn1)C(C)(C)CS(=O)(=O)CCC2(C)c1cccc(C(C)(C)C(=O)O)c1. The van der Waals surface area contributed by atoms with Crippen LogP contribution >= 0.6 is 0 Å². The highest BCUT2D eigenvalue weighted by molar-refractivity contribution is 7.91. The van der Waals surface area contributed by atoms with E-state index in [0.717, 1.165) is 0 Å². The maximum Gasteiger partial charge on any atom is 0.313 e. The molecule has 14 heteroatoms. The van der Waals surface area contributed by atoms with Crippen molar-refractivity contribution in [2.24, 2.45) is 7.05 Å². The van der Waals surface area contributed by atoms with E-state index < -0.39 is 43.7 Å². The number of aliphatic carboxylic acids is 1. The zero-order valence-corrected chi connectivity index (χ0v) is 31.1. The van der Waals surface area contributed by atoms with E-state index >= 15 is 8.78 Å². The van der Waals surface area contributed by atoms with Crippen LogP contribution in [0.2, 0.25) is 0 Å². The Morgan fingerprint density at radius 2 is 1.81 bits per heavy atom. The largest absolute Gasteiger partial charge is 0.481 e. The van der Waals surface area contributed by atoms with Gasteiger partial charge in [-0.3, -0.25) is 9.48 Å². The second-order valence-corrected chi connectivity index (χ2v) is 17.4. The fraction of sp³-hybridized carbons (Fsp3) is 0.333. The van der Waals surface area contributed by atoms with Crippen LogP contribution < -0.4 is 4.74 Å². The molecule has 2 N–H and O–H groups in total. The third-order valence-electron chi connectivity index (χ3n) is 10.5. The number of fused-ring (bicyclic) bond motifs is 10. The number of H-pyrrole nitrogens is 1. The number of hydrogen-bond acceptors (Lipinski definition) is 7. The molecule has 53 heavy (non-hydrogen) atoms. The summed E-state index contributed by atoms with van der Waals surface area (Å²) < 4.78 is 68.9. The van der Waals surface area contributed by atoms with Crippen LogP contribution in [0.25, 0.3) is 22.3 Å². The summed E-state index contributed by atoms with van der Waals surface area (Å²) in [4.78, 5) is 20.1. The zero-order valence-electron chi connectivity index (χ0n) is 30.2. The van der Waals surface area contributed by atoms with E-state index in [1.807, 2.05) is 20.8 Å². The molecule has 0 fully saturated rings. The highest BCUT2D eigenvalue weighted by Gasteiger charge is 2.39. The van der Waals surface area contributed by atoms with Crippen LogP contribution in [0.3, 0.4) is 0 Å². The van der Waals surface area contributed by atoms with Gasteiger partial charge in [-0.25, -0.2) is 26.9 Å². The number of aromatic nitrogens is 6. The number of ether oxygens (including phenoxy) is 1. The van der Waals surface area contributed by atoms with Crippen LogP contribution in [0, 0.1) is 11.6 Å². The van der Waals surface area contributed by atoms with Crippen molar-refractivity contribution in [3.05, 3.63) is 113 Å². The number of aromatic amines is 1. The second-order valence-electron chi connectivity index (χ2n) is 15.2. The summed E-state index contributed by atoms with van der Waals surface area (Å²) in [6.45, 7) is 8.76. The lowest BCUT2D eigenvalue weighted by atomic mass is 9.76. The van der Waals surface area contributed by atoms with E-state index in [1.54, 1.807) is 74.5 Å². The molecule has 11 nitrogen and oxygen atoms in total. The number of carbonyl (C=O) groups is 1. The van der Waals surface area contributed by atoms with E-state index in [0.29, 0.717) is 33.2 Å². The Labute approximate surface area is 305 Å². The Morgan fingerprint density at radius 1 is 1.04 bits per heavy atom. The summed E-state index contributed by atoms with van der Waals surface area (Å²) in [5, 5.41) is 19.9. The van der Waals surface area contributed by atoms with Crippen molar-refractivity contribution in [3.8, 4) is 22.9 Å². The molecule has 3 aromatic heterocycles. The molecule has 1 aliphatic rings. The number of nitrogens with zero attached hydrogens (tertiary/aromatic N) is 5. The standard InChI is InChI=1S/C39H40F2N6O5S/c1-37(2)22-53(50,51)15-13-39(5,24-9-7-8-23(16-24)38(3,4)36(48)49)35-44-34(46(6)45-35)28-17-26(10-11-30(28)40)52-33-29(21-47-20-25(37)19-43-47)27-12-14-42-32(27)18-31(33)41/h7-12,14,16-20,42H,13,15,21-22H2,1-6H3,(H,48,49). The molecule has 1 unspecified atom stereocenters. The van der Waals surface area contributed by atoms with Gasteiger partial charge in [0, 0.05) is 47.4 Å². The van der Waals surface area contributed by atoms with Gasteiger partial charge in [-0.1, -0.05) is 38.1 Å². The molecule has 0 aliphatic carbocycles. The predicted molar refractivity (Wildman–Crippen MR) is 196 cm³/mol. The highest BCUT2D eigenvalue weighted by atomic mass is 32.2. The minimum atomic E-state index is -3.75.